The van der Waals surface area contributed by atoms with Gasteiger partial charge in [-0.3, -0.25) is 14.5 Å². The number of piperidine rings is 1. The number of hydrogen-bond donors (Lipinski definition) is 2. The third-order valence-corrected chi connectivity index (χ3v) is 4.46. The molecule has 126 valence electrons. The Bertz CT molecular complexity index is 585. The number of aliphatic carboxylic acids is 1. The Labute approximate surface area is 140 Å². The number of halogens is 1. The highest BCUT2D eigenvalue weighted by atomic mass is 35.5. The monoisotopic (exact) mass is 340 g/mol. The fourth-order valence-electron chi connectivity index (χ4n) is 2.71. The molecule has 1 fully saturated rings. The zero-order valence-electron chi connectivity index (χ0n) is 13.2. The maximum atomic E-state index is 12.4. The van der Waals surface area contributed by atoms with Crippen molar-refractivity contribution in [3.63, 3.8) is 0 Å². The van der Waals surface area contributed by atoms with Crippen molar-refractivity contribution in [3.05, 3.63) is 23.2 Å². The van der Waals surface area contributed by atoms with Crippen LogP contribution in [0.15, 0.2) is 18.2 Å². The molecule has 7 heteroatoms. The SMILES string of the molecule is COc1ccc(Cl)cc1NC(=O)C(C)N1CCC(C(=O)O)CC1. The average Bonchev–Trinajstić information content (AvgIpc) is 2.54. The number of likely N-dealkylation sites (tertiary alicyclic amines) is 1. The van der Waals surface area contributed by atoms with Crippen LogP contribution in [0.4, 0.5) is 5.69 Å². The first-order valence-electron chi connectivity index (χ1n) is 7.53. The molecular formula is C16H21ClN2O4. The quantitative estimate of drug-likeness (QED) is 0.860. The Balaban J connectivity index is 1.98. The molecule has 1 aromatic rings. The second kappa shape index (κ2) is 7.66. The van der Waals surface area contributed by atoms with Crippen LogP contribution < -0.4 is 10.1 Å². The first kappa shape index (κ1) is 17.6. The molecule has 1 atom stereocenters. The Hall–Kier alpha value is -1.79. The summed E-state index contributed by atoms with van der Waals surface area (Å²) in [5, 5.41) is 12.4. The van der Waals surface area contributed by atoms with Crippen molar-refractivity contribution in [1.29, 1.82) is 0 Å². The summed E-state index contributed by atoms with van der Waals surface area (Å²) in [6.07, 6.45) is 1.13. The van der Waals surface area contributed by atoms with E-state index in [0.29, 0.717) is 42.4 Å². The van der Waals surface area contributed by atoms with Crippen LogP contribution in [0.1, 0.15) is 19.8 Å². The number of anilines is 1. The highest BCUT2D eigenvalue weighted by Gasteiger charge is 2.29. The van der Waals surface area contributed by atoms with Gasteiger partial charge in [0.2, 0.25) is 5.91 Å². The Morgan fingerprint density at radius 1 is 1.39 bits per heavy atom. The second-order valence-electron chi connectivity index (χ2n) is 5.66. The first-order chi connectivity index (χ1) is 10.9. The molecule has 0 aromatic heterocycles. The fourth-order valence-corrected chi connectivity index (χ4v) is 2.89. The topological polar surface area (TPSA) is 78.9 Å². The number of carboxylic acids is 1. The largest absolute Gasteiger partial charge is 0.495 e. The molecule has 0 saturated carbocycles. The lowest BCUT2D eigenvalue weighted by Gasteiger charge is -2.33. The van der Waals surface area contributed by atoms with Crippen molar-refractivity contribution in [1.82, 2.24) is 4.90 Å². The third-order valence-electron chi connectivity index (χ3n) is 4.23. The van der Waals surface area contributed by atoms with Crippen LogP contribution in [0.5, 0.6) is 5.75 Å². The van der Waals surface area contributed by atoms with E-state index in [1.165, 1.54) is 7.11 Å². The summed E-state index contributed by atoms with van der Waals surface area (Å²) in [5.74, 6) is -0.696. The maximum Gasteiger partial charge on any atom is 0.306 e. The number of nitrogens with zero attached hydrogens (tertiary/aromatic N) is 1. The van der Waals surface area contributed by atoms with Crippen LogP contribution in [0.3, 0.4) is 0 Å². The standard InChI is InChI=1S/C16H21ClN2O4/c1-10(19-7-5-11(6-8-19)16(21)22)15(20)18-13-9-12(17)3-4-14(13)23-2/h3-4,9-11H,5-8H2,1-2H3,(H,18,20)(H,21,22). The molecule has 1 aliphatic heterocycles. The average molecular weight is 341 g/mol. The molecule has 2 rings (SSSR count). The lowest BCUT2D eigenvalue weighted by molar-refractivity contribution is -0.143. The molecule has 6 nitrogen and oxygen atoms in total. The van der Waals surface area contributed by atoms with Gasteiger partial charge in [-0.05, 0) is 51.1 Å². The summed E-state index contributed by atoms with van der Waals surface area (Å²) >= 11 is 5.96. The summed E-state index contributed by atoms with van der Waals surface area (Å²) in [4.78, 5) is 25.4. The van der Waals surface area contributed by atoms with Gasteiger partial charge in [0.25, 0.3) is 0 Å². The number of carbonyl (C=O) groups is 2. The number of benzene rings is 1. The van der Waals surface area contributed by atoms with Crippen molar-refractivity contribution in [2.24, 2.45) is 5.92 Å². The normalized spacial score (nSPS) is 17.5. The molecule has 1 amide bonds. The number of carboxylic acid groups (broad SMARTS) is 1. The number of carbonyl (C=O) groups excluding carboxylic acids is 1. The number of hydrogen-bond acceptors (Lipinski definition) is 4. The lowest BCUT2D eigenvalue weighted by atomic mass is 9.96. The van der Waals surface area contributed by atoms with Crippen LogP contribution in [0.2, 0.25) is 5.02 Å². The maximum absolute atomic E-state index is 12.4. The van der Waals surface area contributed by atoms with E-state index >= 15 is 0 Å². The predicted molar refractivity (Wildman–Crippen MR) is 88.0 cm³/mol. The Morgan fingerprint density at radius 3 is 2.61 bits per heavy atom. The van der Waals surface area contributed by atoms with Crippen LogP contribution in [-0.2, 0) is 9.59 Å². The van der Waals surface area contributed by atoms with Gasteiger partial charge in [-0.15, -0.1) is 0 Å². The van der Waals surface area contributed by atoms with E-state index < -0.39 is 5.97 Å². The lowest BCUT2D eigenvalue weighted by Crippen LogP contribution is -2.47. The molecule has 1 saturated heterocycles. The van der Waals surface area contributed by atoms with E-state index in [-0.39, 0.29) is 17.9 Å². The minimum absolute atomic E-state index is 0.167. The van der Waals surface area contributed by atoms with E-state index in [1.54, 1.807) is 18.2 Å². The van der Waals surface area contributed by atoms with Crippen molar-refractivity contribution in [3.8, 4) is 5.75 Å². The van der Waals surface area contributed by atoms with Crippen LogP contribution in [-0.4, -0.2) is 48.1 Å². The minimum Gasteiger partial charge on any atom is -0.495 e. The summed E-state index contributed by atoms with van der Waals surface area (Å²) in [7, 11) is 1.53. The van der Waals surface area contributed by atoms with Gasteiger partial charge in [0.05, 0.1) is 24.8 Å². The van der Waals surface area contributed by atoms with Crippen molar-refractivity contribution < 1.29 is 19.4 Å². The molecular weight excluding hydrogens is 320 g/mol. The molecule has 23 heavy (non-hydrogen) atoms. The number of rotatable bonds is 5. The van der Waals surface area contributed by atoms with Gasteiger partial charge in [-0.1, -0.05) is 11.6 Å². The summed E-state index contributed by atoms with van der Waals surface area (Å²) < 4.78 is 5.21. The van der Waals surface area contributed by atoms with E-state index in [9.17, 15) is 9.59 Å². The van der Waals surface area contributed by atoms with Gasteiger partial charge < -0.3 is 15.2 Å². The molecule has 2 N–H and O–H groups in total. The van der Waals surface area contributed by atoms with Gasteiger partial charge >= 0.3 is 5.97 Å². The molecule has 1 aliphatic rings. The number of methoxy groups -OCH3 is 1. The van der Waals surface area contributed by atoms with E-state index in [1.807, 2.05) is 11.8 Å². The number of amides is 1. The highest BCUT2D eigenvalue weighted by Crippen LogP contribution is 2.28. The van der Waals surface area contributed by atoms with Gasteiger partial charge in [0.1, 0.15) is 5.75 Å². The molecule has 0 aliphatic carbocycles. The van der Waals surface area contributed by atoms with Crippen LogP contribution >= 0.6 is 11.6 Å². The predicted octanol–water partition coefficient (Wildman–Crippen LogP) is 2.47. The second-order valence-corrected chi connectivity index (χ2v) is 6.09. The van der Waals surface area contributed by atoms with E-state index in [2.05, 4.69) is 5.32 Å². The third kappa shape index (κ3) is 4.36. The zero-order chi connectivity index (χ0) is 17.0. The highest BCUT2D eigenvalue weighted by molar-refractivity contribution is 6.31. The molecule has 1 heterocycles. The Kier molecular flexibility index (Phi) is 5.85. The summed E-state index contributed by atoms with van der Waals surface area (Å²) in [6.45, 7) is 3.00. The smallest absolute Gasteiger partial charge is 0.306 e. The van der Waals surface area contributed by atoms with E-state index in [4.69, 9.17) is 21.4 Å². The van der Waals surface area contributed by atoms with Gasteiger partial charge in [0.15, 0.2) is 0 Å². The Morgan fingerprint density at radius 2 is 2.04 bits per heavy atom. The summed E-state index contributed by atoms with van der Waals surface area (Å²) in [6, 6.07) is 4.67. The van der Waals surface area contributed by atoms with Gasteiger partial charge in [-0.2, -0.15) is 0 Å². The molecule has 0 bridgehead atoms. The van der Waals surface area contributed by atoms with Crippen LogP contribution in [0, 0.1) is 5.92 Å². The van der Waals surface area contributed by atoms with Gasteiger partial charge in [0, 0.05) is 5.02 Å². The van der Waals surface area contributed by atoms with E-state index in [0.717, 1.165) is 0 Å². The fraction of sp³-hybridized carbons (Fsp3) is 0.500. The van der Waals surface area contributed by atoms with Gasteiger partial charge in [-0.25, -0.2) is 0 Å². The van der Waals surface area contributed by atoms with Crippen molar-refractivity contribution in [2.75, 3.05) is 25.5 Å². The first-order valence-corrected chi connectivity index (χ1v) is 7.91. The van der Waals surface area contributed by atoms with Crippen molar-refractivity contribution >= 4 is 29.2 Å². The number of nitrogens with one attached hydrogen (secondary N) is 1. The molecule has 1 aromatic carbocycles. The molecule has 1 unspecified atom stereocenters. The van der Waals surface area contributed by atoms with Crippen LogP contribution in [0.25, 0.3) is 0 Å². The zero-order valence-corrected chi connectivity index (χ0v) is 14.0. The molecule has 0 radical (unpaired) electrons. The van der Waals surface area contributed by atoms with Crippen molar-refractivity contribution in [2.45, 2.75) is 25.8 Å². The summed E-state index contributed by atoms with van der Waals surface area (Å²) in [5.41, 5.74) is 0.525. The number of ether oxygens (including phenoxy) is 1. The minimum atomic E-state index is -0.759. The molecule has 0 spiro atoms.